The van der Waals surface area contributed by atoms with Crippen LogP contribution in [0.3, 0.4) is 0 Å². The van der Waals surface area contributed by atoms with Crippen molar-refractivity contribution >= 4 is 36.4 Å². The highest BCUT2D eigenvalue weighted by Crippen LogP contribution is 2.27. The first-order valence-corrected chi connectivity index (χ1v) is 8.58. The van der Waals surface area contributed by atoms with E-state index in [1.165, 1.54) is 5.69 Å². The summed E-state index contributed by atoms with van der Waals surface area (Å²) in [6, 6.07) is 8.15. The van der Waals surface area contributed by atoms with E-state index in [2.05, 4.69) is 36.2 Å². The molecule has 24 heavy (non-hydrogen) atoms. The van der Waals surface area contributed by atoms with Gasteiger partial charge in [0.15, 0.2) is 0 Å². The monoisotopic (exact) mass is 373 g/mol. The molecule has 1 N–H and O–H groups in total. The molecule has 3 rings (SSSR count). The lowest BCUT2D eigenvalue weighted by Gasteiger charge is -2.23. The predicted octanol–water partition coefficient (Wildman–Crippen LogP) is 3.06. The molecule has 1 aromatic rings. The first-order valence-electron chi connectivity index (χ1n) is 8.58. The number of nitrogens with zero attached hydrogens (tertiary/aromatic N) is 2. The van der Waals surface area contributed by atoms with Crippen LogP contribution in [0.15, 0.2) is 24.3 Å². The van der Waals surface area contributed by atoms with E-state index in [9.17, 15) is 4.79 Å². The topological polar surface area (TPSA) is 35.6 Å². The van der Waals surface area contributed by atoms with Crippen LogP contribution in [0.25, 0.3) is 0 Å². The minimum Gasteiger partial charge on any atom is -0.372 e. The first-order chi connectivity index (χ1) is 10.7. The van der Waals surface area contributed by atoms with Gasteiger partial charge in [-0.05, 0) is 49.4 Å². The van der Waals surface area contributed by atoms with Gasteiger partial charge in [0, 0.05) is 50.5 Å². The summed E-state index contributed by atoms with van der Waals surface area (Å²) in [6.45, 7) is 10.4. The number of rotatable bonds is 5. The number of halogens is 2. The van der Waals surface area contributed by atoms with E-state index in [1.54, 1.807) is 0 Å². The van der Waals surface area contributed by atoms with Crippen molar-refractivity contribution in [3.8, 4) is 0 Å². The molecule has 0 saturated carbocycles. The van der Waals surface area contributed by atoms with Gasteiger partial charge >= 0.3 is 0 Å². The van der Waals surface area contributed by atoms with Crippen molar-refractivity contribution in [3.05, 3.63) is 29.8 Å². The number of fused-ring (bicyclic) bond motifs is 1. The Balaban J connectivity index is 0.00000144. The molecule has 2 atom stereocenters. The minimum absolute atomic E-state index is 0. The van der Waals surface area contributed by atoms with Crippen molar-refractivity contribution < 1.29 is 4.79 Å². The van der Waals surface area contributed by atoms with Crippen molar-refractivity contribution in [2.75, 3.05) is 44.2 Å². The molecule has 0 bridgehead atoms. The summed E-state index contributed by atoms with van der Waals surface area (Å²) in [7, 11) is 0. The van der Waals surface area contributed by atoms with E-state index in [4.69, 9.17) is 0 Å². The Kier molecular flexibility index (Phi) is 8.34. The standard InChI is InChI=1S/C18H27N3O.2ClH/c1-3-9-20(4-2)17-7-5-14(6-8-17)18(22)21-12-15-10-19-11-16(15)13-21;;/h5-8,15-16,19H,3-4,9-13H2,1-2H3;2*1H/t15-,16+;;. The van der Waals surface area contributed by atoms with E-state index in [0.717, 1.165) is 51.3 Å². The molecule has 2 saturated heterocycles. The number of amides is 1. The molecule has 0 unspecified atom stereocenters. The quantitative estimate of drug-likeness (QED) is 0.861. The third-order valence-corrected chi connectivity index (χ3v) is 5.03. The van der Waals surface area contributed by atoms with Crippen LogP contribution >= 0.6 is 24.8 Å². The minimum atomic E-state index is 0. The number of benzene rings is 1. The van der Waals surface area contributed by atoms with Gasteiger partial charge in [0.05, 0.1) is 0 Å². The van der Waals surface area contributed by atoms with Gasteiger partial charge in [-0.3, -0.25) is 4.79 Å². The maximum Gasteiger partial charge on any atom is 0.253 e. The van der Waals surface area contributed by atoms with Crippen LogP contribution in [0.1, 0.15) is 30.6 Å². The van der Waals surface area contributed by atoms with Gasteiger partial charge in [-0.15, -0.1) is 24.8 Å². The number of hydrogen-bond donors (Lipinski definition) is 1. The zero-order valence-corrected chi connectivity index (χ0v) is 16.2. The summed E-state index contributed by atoms with van der Waals surface area (Å²) in [5.41, 5.74) is 2.03. The van der Waals surface area contributed by atoms with E-state index < -0.39 is 0 Å². The fourth-order valence-electron chi connectivity index (χ4n) is 3.76. The fourth-order valence-corrected chi connectivity index (χ4v) is 3.76. The Morgan fingerprint density at radius 3 is 2.21 bits per heavy atom. The second kappa shape index (κ2) is 9.50. The van der Waals surface area contributed by atoms with E-state index >= 15 is 0 Å². The molecule has 136 valence electrons. The van der Waals surface area contributed by atoms with Gasteiger partial charge in [-0.2, -0.15) is 0 Å². The van der Waals surface area contributed by atoms with Crippen LogP contribution in [-0.2, 0) is 0 Å². The molecule has 2 heterocycles. The largest absolute Gasteiger partial charge is 0.372 e. The number of carbonyl (C=O) groups excluding carboxylic acids is 1. The van der Waals surface area contributed by atoms with Gasteiger partial charge in [-0.1, -0.05) is 6.92 Å². The number of nitrogens with one attached hydrogen (secondary N) is 1. The molecular formula is C18H29Cl2N3O. The van der Waals surface area contributed by atoms with Crippen LogP contribution in [-0.4, -0.2) is 50.1 Å². The molecular weight excluding hydrogens is 345 g/mol. The maximum atomic E-state index is 12.6. The average Bonchev–Trinajstić information content (AvgIpc) is 3.13. The molecule has 2 aliphatic heterocycles. The number of likely N-dealkylation sites (tertiary alicyclic amines) is 1. The van der Waals surface area contributed by atoms with E-state index in [0.29, 0.717) is 11.8 Å². The Bertz CT molecular complexity index is 512. The first kappa shape index (κ1) is 21.1. The molecule has 1 amide bonds. The number of carbonyl (C=O) groups is 1. The van der Waals surface area contributed by atoms with Crippen molar-refractivity contribution in [2.24, 2.45) is 11.8 Å². The lowest BCUT2D eigenvalue weighted by molar-refractivity contribution is 0.0781. The van der Waals surface area contributed by atoms with Gasteiger partial charge in [-0.25, -0.2) is 0 Å². The third-order valence-electron chi connectivity index (χ3n) is 5.03. The van der Waals surface area contributed by atoms with Crippen LogP contribution in [0.4, 0.5) is 5.69 Å². The summed E-state index contributed by atoms with van der Waals surface area (Å²) in [6.07, 6.45) is 1.14. The zero-order valence-electron chi connectivity index (χ0n) is 14.5. The fraction of sp³-hybridized carbons (Fsp3) is 0.611. The van der Waals surface area contributed by atoms with Crippen molar-refractivity contribution in [1.82, 2.24) is 10.2 Å². The lowest BCUT2D eigenvalue weighted by atomic mass is 10.0. The highest BCUT2D eigenvalue weighted by Gasteiger charge is 2.38. The molecule has 0 spiro atoms. The summed E-state index contributed by atoms with van der Waals surface area (Å²) < 4.78 is 0. The molecule has 4 nitrogen and oxygen atoms in total. The third kappa shape index (κ3) is 4.35. The summed E-state index contributed by atoms with van der Waals surface area (Å²) >= 11 is 0. The van der Waals surface area contributed by atoms with Crippen LogP contribution in [0.5, 0.6) is 0 Å². The highest BCUT2D eigenvalue weighted by molar-refractivity contribution is 5.94. The average molecular weight is 374 g/mol. The van der Waals surface area contributed by atoms with Gasteiger partial charge < -0.3 is 15.1 Å². The molecule has 0 aromatic heterocycles. The lowest BCUT2D eigenvalue weighted by Crippen LogP contribution is -2.31. The Hall–Kier alpha value is -0.970. The molecule has 2 aliphatic rings. The maximum absolute atomic E-state index is 12.6. The summed E-state index contributed by atoms with van der Waals surface area (Å²) in [5, 5.41) is 3.42. The highest BCUT2D eigenvalue weighted by atomic mass is 35.5. The molecule has 0 aliphatic carbocycles. The number of hydrogen-bond acceptors (Lipinski definition) is 3. The van der Waals surface area contributed by atoms with Crippen molar-refractivity contribution in [2.45, 2.75) is 20.3 Å². The van der Waals surface area contributed by atoms with E-state index in [1.807, 2.05) is 17.0 Å². The predicted molar refractivity (Wildman–Crippen MR) is 105 cm³/mol. The molecule has 2 fully saturated rings. The smallest absolute Gasteiger partial charge is 0.253 e. The molecule has 0 radical (unpaired) electrons. The number of anilines is 1. The molecule has 1 aromatic carbocycles. The SMILES string of the molecule is CCCN(CC)c1ccc(C(=O)N2C[C@H]3CNC[C@H]3C2)cc1.Cl.Cl. The van der Waals surface area contributed by atoms with Crippen LogP contribution < -0.4 is 10.2 Å². The summed E-state index contributed by atoms with van der Waals surface area (Å²) in [4.78, 5) is 17.0. The Morgan fingerprint density at radius 2 is 1.71 bits per heavy atom. The second-order valence-corrected chi connectivity index (χ2v) is 6.52. The molecule has 6 heteroatoms. The van der Waals surface area contributed by atoms with Crippen molar-refractivity contribution in [1.29, 1.82) is 0 Å². The van der Waals surface area contributed by atoms with Crippen LogP contribution in [0, 0.1) is 11.8 Å². The van der Waals surface area contributed by atoms with Crippen LogP contribution in [0.2, 0.25) is 0 Å². The Labute approximate surface area is 157 Å². The summed E-state index contributed by atoms with van der Waals surface area (Å²) in [5.74, 6) is 1.51. The van der Waals surface area contributed by atoms with Gasteiger partial charge in [0.25, 0.3) is 5.91 Å². The zero-order chi connectivity index (χ0) is 15.5. The van der Waals surface area contributed by atoms with Gasteiger partial charge in [0.1, 0.15) is 0 Å². The normalized spacial score (nSPS) is 21.7. The van der Waals surface area contributed by atoms with E-state index in [-0.39, 0.29) is 30.7 Å². The van der Waals surface area contributed by atoms with Gasteiger partial charge in [0.2, 0.25) is 0 Å². The Morgan fingerprint density at radius 1 is 1.12 bits per heavy atom. The second-order valence-electron chi connectivity index (χ2n) is 6.52. The van der Waals surface area contributed by atoms with Crippen molar-refractivity contribution in [3.63, 3.8) is 0 Å².